The maximum atomic E-state index is 12.2. The number of aryl methyl sites for hydroxylation is 3. The summed E-state index contributed by atoms with van der Waals surface area (Å²) in [4.78, 5) is 12.2. The first-order valence-corrected chi connectivity index (χ1v) is 8.71. The smallest absolute Gasteiger partial charge is 0.307 e. The van der Waals surface area contributed by atoms with E-state index in [4.69, 9.17) is 9.15 Å². The minimum absolute atomic E-state index is 0.190. The van der Waals surface area contributed by atoms with Crippen LogP contribution in [0.3, 0.4) is 0 Å². The van der Waals surface area contributed by atoms with Crippen LogP contribution < -0.4 is 10.2 Å². The fourth-order valence-corrected chi connectivity index (χ4v) is 2.59. The molecule has 1 amide bonds. The monoisotopic (exact) mass is 362 g/mol. The Hall–Kier alpha value is -3.34. The summed E-state index contributed by atoms with van der Waals surface area (Å²) in [5.41, 5.74) is 6.98. The van der Waals surface area contributed by atoms with Crippen molar-refractivity contribution in [1.29, 1.82) is 0 Å². The fourth-order valence-electron chi connectivity index (χ4n) is 2.59. The lowest BCUT2D eigenvalue weighted by atomic mass is 10.0. The molecule has 1 heterocycles. The van der Waals surface area contributed by atoms with E-state index in [9.17, 15) is 4.79 Å². The van der Waals surface area contributed by atoms with Gasteiger partial charge in [-0.3, -0.25) is 4.79 Å². The Labute approximate surface area is 158 Å². The van der Waals surface area contributed by atoms with Crippen molar-refractivity contribution in [3.63, 3.8) is 0 Å². The normalized spacial score (nSPS) is 10.9. The number of para-hydroxylation sites is 1. The van der Waals surface area contributed by atoms with E-state index in [-0.39, 0.29) is 12.4 Å². The van der Waals surface area contributed by atoms with Gasteiger partial charge in [0.2, 0.25) is 0 Å². The van der Waals surface area contributed by atoms with Crippen LogP contribution in [0.2, 0.25) is 0 Å². The van der Waals surface area contributed by atoms with Crippen LogP contribution in [0.25, 0.3) is 0 Å². The Morgan fingerprint density at radius 2 is 1.78 bits per heavy atom. The molecule has 0 spiro atoms. The minimum atomic E-state index is -0.404. The molecule has 1 aromatic heterocycles. The second-order valence-electron chi connectivity index (χ2n) is 6.36. The van der Waals surface area contributed by atoms with Crippen molar-refractivity contribution in [3.05, 3.63) is 88.4 Å². The van der Waals surface area contributed by atoms with Crippen LogP contribution in [0.15, 0.2) is 64.1 Å². The van der Waals surface area contributed by atoms with Gasteiger partial charge in [0, 0.05) is 0 Å². The van der Waals surface area contributed by atoms with Gasteiger partial charge < -0.3 is 9.15 Å². The Bertz CT molecular complexity index is 959. The molecule has 0 aliphatic carbocycles. The molecule has 0 fully saturated rings. The number of furan rings is 1. The number of hydrazone groups is 1. The van der Waals surface area contributed by atoms with Gasteiger partial charge in [-0.15, -0.1) is 0 Å². The van der Waals surface area contributed by atoms with Crippen LogP contribution in [0.4, 0.5) is 0 Å². The van der Waals surface area contributed by atoms with Gasteiger partial charge in [0.1, 0.15) is 18.1 Å². The van der Waals surface area contributed by atoms with Crippen LogP contribution in [0, 0.1) is 20.8 Å². The molecule has 1 N–H and O–H groups in total. The van der Waals surface area contributed by atoms with Crippen molar-refractivity contribution in [1.82, 2.24) is 5.43 Å². The summed E-state index contributed by atoms with van der Waals surface area (Å²) in [6.45, 7) is 6.39. The van der Waals surface area contributed by atoms with E-state index in [0.717, 1.165) is 16.9 Å². The van der Waals surface area contributed by atoms with Crippen LogP contribution in [0.1, 0.15) is 38.6 Å². The number of ether oxygens (including phenoxy) is 1. The fraction of sp³-hybridized carbons (Fsp3) is 0.182. The van der Waals surface area contributed by atoms with Gasteiger partial charge in [-0.25, -0.2) is 5.43 Å². The Kier molecular flexibility index (Phi) is 5.71. The second kappa shape index (κ2) is 8.36. The molecule has 5 heteroatoms. The zero-order valence-electron chi connectivity index (χ0n) is 15.7. The number of nitrogens with zero attached hydrogens (tertiary/aromatic N) is 1. The maximum Gasteiger partial charge on any atom is 0.307 e. The number of rotatable bonds is 6. The van der Waals surface area contributed by atoms with Crippen molar-refractivity contribution < 1.29 is 13.9 Å². The Morgan fingerprint density at radius 3 is 2.56 bits per heavy atom. The zero-order valence-corrected chi connectivity index (χ0v) is 15.7. The van der Waals surface area contributed by atoms with E-state index in [1.807, 2.05) is 50.2 Å². The van der Waals surface area contributed by atoms with E-state index in [0.29, 0.717) is 5.76 Å². The van der Waals surface area contributed by atoms with Crippen LogP contribution in [-0.4, -0.2) is 12.1 Å². The van der Waals surface area contributed by atoms with E-state index in [2.05, 4.69) is 23.5 Å². The summed E-state index contributed by atoms with van der Waals surface area (Å²) in [6, 6.07) is 16.9. The predicted octanol–water partition coefficient (Wildman–Crippen LogP) is 4.55. The average molecular weight is 362 g/mol. The molecule has 138 valence electrons. The SMILES string of the molecule is Cc1cc(C)c(/C=N\NC(=O)c2ccc(COc3ccccc3)o2)cc1C. The van der Waals surface area contributed by atoms with E-state index < -0.39 is 5.91 Å². The minimum Gasteiger partial charge on any atom is -0.486 e. The summed E-state index contributed by atoms with van der Waals surface area (Å²) >= 11 is 0. The van der Waals surface area contributed by atoms with Crippen LogP contribution in [0.5, 0.6) is 5.75 Å². The number of hydrogen-bond acceptors (Lipinski definition) is 4. The van der Waals surface area contributed by atoms with Crippen molar-refractivity contribution >= 4 is 12.1 Å². The molecule has 0 unspecified atom stereocenters. The van der Waals surface area contributed by atoms with E-state index in [1.54, 1.807) is 18.3 Å². The highest BCUT2D eigenvalue weighted by Crippen LogP contribution is 2.15. The number of carbonyl (C=O) groups excluding carboxylic acids is 1. The third kappa shape index (κ3) is 4.85. The first kappa shape index (κ1) is 18.5. The van der Waals surface area contributed by atoms with Gasteiger partial charge in [0.25, 0.3) is 0 Å². The first-order chi connectivity index (χ1) is 13.0. The van der Waals surface area contributed by atoms with Gasteiger partial charge in [0.15, 0.2) is 5.76 Å². The third-order valence-electron chi connectivity index (χ3n) is 4.26. The molecule has 0 saturated carbocycles. The molecular formula is C22H22N2O3. The largest absolute Gasteiger partial charge is 0.486 e. The van der Waals surface area contributed by atoms with Gasteiger partial charge in [0.05, 0.1) is 6.21 Å². The average Bonchev–Trinajstić information content (AvgIpc) is 3.14. The molecule has 27 heavy (non-hydrogen) atoms. The molecular weight excluding hydrogens is 340 g/mol. The van der Waals surface area contributed by atoms with E-state index >= 15 is 0 Å². The molecule has 0 radical (unpaired) electrons. The summed E-state index contributed by atoms with van der Waals surface area (Å²) in [5.74, 6) is 1.10. The lowest BCUT2D eigenvalue weighted by Gasteiger charge is -2.05. The Morgan fingerprint density at radius 1 is 1.04 bits per heavy atom. The third-order valence-corrected chi connectivity index (χ3v) is 4.26. The number of amides is 1. The molecule has 3 rings (SSSR count). The van der Waals surface area contributed by atoms with Crippen LogP contribution in [-0.2, 0) is 6.61 Å². The highest BCUT2D eigenvalue weighted by atomic mass is 16.5. The molecule has 0 atom stereocenters. The van der Waals surface area contributed by atoms with Crippen molar-refractivity contribution in [2.24, 2.45) is 5.10 Å². The summed E-state index contributed by atoms with van der Waals surface area (Å²) in [5, 5.41) is 4.04. The summed E-state index contributed by atoms with van der Waals surface area (Å²) in [7, 11) is 0. The van der Waals surface area contributed by atoms with Gasteiger partial charge in [-0.2, -0.15) is 5.10 Å². The molecule has 5 nitrogen and oxygen atoms in total. The molecule has 2 aromatic carbocycles. The highest BCUT2D eigenvalue weighted by Gasteiger charge is 2.11. The number of hydrogen-bond donors (Lipinski definition) is 1. The van der Waals surface area contributed by atoms with Crippen molar-refractivity contribution in [3.8, 4) is 5.75 Å². The topological polar surface area (TPSA) is 63.8 Å². The number of benzene rings is 2. The summed E-state index contributed by atoms with van der Waals surface area (Å²) < 4.78 is 11.1. The molecule has 0 aliphatic heterocycles. The molecule has 0 saturated heterocycles. The highest BCUT2D eigenvalue weighted by molar-refractivity contribution is 5.92. The van der Waals surface area contributed by atoms with Gasteiger partial charge in [-0.05, 0) is 73.4 Å². The molecule has 0 bridgehead atoms. The number of nitrogens with one attached hydrogen (secondary N) is 1. The predicted molar refractivity (Wildman–Crippen MR) is 105 cm³/mol. The quantitative estimate of drug-likeness (QED) is 0.517. The van der Waals surface area contributed by atoms with Crippen LogP contribution >= 0.6 is 0 Å². The van der Waals surface area contributed by atoms with Crippen molar-refractivity contribution in [2.75, 3.05) is 0 Å². The molecule has 3 aromatic rings. The van der Waals surface area contributed by atoms with Gasteiger partial charge in [-0.1, -0.05) is 24.3 Å². The molecule has 0 aliphatic rings. The Balaban J connectivity index is 1.57. The maximum absolute atomic E-state index is 12.2. The second-order valence-corrected chi connectivity index (χ2v) is 6.36. The van der Waals surface area contributed by atoms with Crippen molar-refractivity contribution in [2.45, 2.75) is 27.4 Å². The van der Waals surface area contributed by atoms with Gasteiger partial charge >= 0.3 is 5.91 Å². The first-order valence-electron chi connectivity index (χ1n) is 8.71. The van der Waals surface area contributed by atoms with E-state index in [1.165, 1.54) is 11.1 Å². The lowest BCUT2D eigenvalue weighted by molar-refractivity contribution is 0.0923. The summed E-state index contributed by atoms with van der Waals surface area (Å²) in [6.07, 6.45) is 1.64. The lowest BCUT2D eigenvalue weighted by Crippen LogP contribution is -2.17. The zero-order chi connectivity index (χ0) is 19.2. The standard InChI is InChI=1S/C22H22N2O3/c1-15-11-17(3)18(12-16(15)2)13-23-24-22(25)21-10-9-20(27-21)14-26-19-7-5-4-6-8-19/h4-13H,14H2,1-3H3,(H,24,25)/b23-13-. The number of carbonyl (C=O) groups is 1.